The molecule has 3 N–H and O–H groups in total. The number of ether oxygens (including phenoxy) is 1. The van der Waals surface area contributed by atoms with Crippen molar-refractivity contribution >= 4 is 47.2 Å². The molecule has 3 aromatic rings. The maximum Gasteiger partial charge on any atom is 0.264 e. The Balaban J connectivity index is 1.46. The van der Waals surface area contributed by atoms with Crippen molar-refractivity contribution in [2.75, 3.05) is 28.2 Å². The van der Waals surface area contributed by atoms with Crippen LogP contribution in [0.1, 0.15) is 41.6 Å². The van der Waals surface area contributed by atoms with E-state index in [0.717, 1.165) is 12.8 Å². The number of nitrogens with zero attached hydrogens (tertiary/aromatic N) is 1. The highest BCUT2D eigenvalue weighted by Gasteiger charge is 2.60. The van der Waals surface area contributed by atoms with Gasteiger partial charge in [0.25, 0.3) is 15.9 Å². The highest BCUT2D eigenvalue weighted by molar-refractivity contribution is 7.93. The minimum Gasteiger partial charge on any atom is -0.497 e. The van der Waals surface area contributed by atoms with E-state index in [1.165, 1.54) is 53.9 Å². The van der Waals surface area contributed by atoms with Gasteiger partial charge in [-0.1, -0.05) is 12.1 Å². The van der Waals surface area contributed by atoms with Gasteiger partial charge in [0.15, 0.2) is 0 Å². The summed E-state index contributed by atoms with van der Waals surface area (Å²) in [4.78, 5) is 13.3. The van der Waals surface area contributed by atoms with E-state index in [1.54, 1.807) is 24.3 Å². The molecule has 11 nitrogen and oxygen atoms in total. The molecule has 1 amide bonds. The van der Waals surface area contributed by atoms with E-state index >= 15 is 0 Å². The largest absolute Gasteiger partial charge is 0.497 e. The normalized spacial score (nSPS) is 20.9. The number of hydrogen-bond acceptors (Lipinski definition) is 8. The molecule has 3 aliphatic rings. The van der Waals surface area contributed by atoms with E-state index in [1.807, 2.05) is 0 Å². The third-order valence-electron chi connectivity index (χ3n) is 8.66. The third-order valence-corrected chi connectivity index (χ3v) is 13.0. The first-order chi connectivity index (χ1) is 20.2. The molecule has 3 aromatic carbocycles. The number of nitrogens with two attached hydrogens (primary N) is 1. The van der Waals surface area contributed by atoms with E-state index < -0.39 is 47.2 Å². The Kier molecular flexibility index (Phi) is 7.11. The molecular weight excluding hydrogens is 615 g/mol. The van der Waals surface area contributed by atoms with Gasteiger partial charge in [-0.25, -0.2) is 30.4 Å². The first-order valence-electron chi connectivity index (χ1n) is 13.7. The molecule has 2 fully saturated rings. The number of amides is 1. The van der Waals surface area contributed by atoms with Crippen LogP contribution in [0.15, 0.2) is 76.5 Å². The highest BCUT2D eigenvalue weighted by atomic mass is 32.2. The Hall–Kier alpha value is -3.46. The van der Waals surface area contributed by atoms with Gasteiger partial charge in [0.2, 0.25) is 10.0 Å². The lowest BCUT2D eigenvalue weighted by Gasteiger charge is -2.41. The molecule has 1 unspecified atom stereocenters. The lowest BCUT2D eigenvalue weighted by Crippen LogP contribution is -2.52. The summed E-state index contributed by atoms with van der Waals surface area (Å²) in [6.45, 7) is 0. The Bertz CT molecular complexity index is 1940. The van der Waals surface area contributed by atoms with E-state index in [-0.39, 0.29) is 51.3 Å². The maximum atomic E-state index is 14.3. The van der Waals surface area contributed by atoms with Gasteiger partial charge in [0, 0.05) is 22.7 Å². The topological polar surface area (TPSA) is 170 Å². The molecular formula is C29H31N3O8S3. The first kappa shape index (κ1) is 29.6. The Morgan fingerprint density at radius 2 is 1.63 bits per heavy atom. The number of sulfonamides is 2. The van der Waals surface area contributed by atoms with Crippen molar-refractivity contribution in [3.8, 4) is 5.75 Å². The molecule has 0 radical (unpaired) electrons. The Labute approximate surface area is 251 Å². The van der Waals surface area contributed by atoms with Crippen LogP contribution in [0, 0.1) is 5.92 Å². The number of methoxy groups -OCH3 is 1. The average Bonchev–Trinajstić information content (AvgIpc) is 3.77. The number of fused-ring (bicyclic) bond motifs is 2. The molecule has 2 heterocycles. The summed E-state index contributed by atoms with van der Waals surface area (Å²) in [5, 5.41) is 7.92. The number of sulfone groups is 1. The van der Waals surface area contributed by atoms with Crippen molar-refractivity contribution in [2.24, 2.45) is 11.1 Å². The molecule has 1 atom stereocenters. The number of primary sulfonamides is 1. The molecule has 1 saturated heterocycles. The van der Waals surface area contributed by atoms with Gasteiger partial charge in [-0.15, -0.1) is 0 Å². The fourth-order valence-electron chi connectivity index (χ4n) is 6.43. The summed E-state index contributed by atoms with van der Waals surface area (Å²) in [6.07, 6.45) is 2.08. The van der Waals surface area contributed by atoms with Gasteiger partial charge in [-0.2, -0.15) is 0 Å². The fourth-order valence-corrected chi connectivity index (χ4v) is 10.4. The highest BCUT2D eigenvalue weighted by Crippen LogP contribution is 2.59. The molecule has 0 bridgehead atoms. The zero-order chi connectivity index (χ0) is 30.8. The van der Waals surface area contributed by atoms with Crippen molar-refractivity contribution in [1.82, 2.24) is 0 Å². The number of carbonyl (C=O) groups excluding carboxylic acids is 1. The van der Waals surface area contributed by atoms with Gasteiger partial charge in [-0.3, -0.25) is 9.10 Å². The standard InChI is InChI=1S/C29H31N3O8S3/c1-40-22-5-3-7-24(18-22)43(38,39)32-26-11-10-20(28(33)31-21-4-2-6-23(17-21)42(30,36)37)16-25(26)29(27(32)19-8-9-19)12-14-41(34,35)15-13-29/h2-7,10-11,16-19,27H,8-9,12-15H2,1H3,(H,31,33)(H2,30,36,37). The maximum absolute atomic E-state index is 14.3. The van der Waals surface area contributed by atoms with Crippen LogP contribution in [0.3, 0.4) is 0 Å². The van der Waals surface area contributed by atoms with Crippen LogP contribution in [0.4, 0.5) is 11.4 Å². The predicted octanol–water partition coefficient (Wildman–Crippen LogP) is 3.03. The smallest absolute Gasteiger partial charge is 0.264 e. The number of rotatable bonds is 7. The second-order valence-corrected chi connectivity index (χ2v) is 17.0. The zero-order valence-electron chi connectivity index (χ0n) is 23.3. The van der Waals surface area contributed by atoms with Crippen molar-refractivity contribution in [3.05, 3.63) is 77.9 Å². The lowest BCUT2D eigenvalue weighted by atomic mass is 9.70. The van der Waals surface area contributed by atoms with Gasteiger partial charge >= 0.3 is 0 Å². The van der Waals surface area contributed by atoms with E-state index in [0.29, 0.717) is 17.0 Å². The van der Waals surface area contributed by atoms with Crippen molar-refractivity contribution in [1.29, 1.82) is 0 Å². The second kappa shape index (κ2) is 10.3. The number of anilines is 2. The molecule has 1 saturated carbocycles. The van der Waals surface area contributed by atoms with Gasteiger partial charge in [0.05, 0.1) is 40.1 Å². The quantitative estimate of drug-likeness (QED) is 0.395. The van der Waals surface area contributed by atoms with Crippen LogP contribution in [0.25, 0.3) is 0 Å². The van der Waals surface area contributed by atoms with Crippen LogP contribution in [-0.2, 0) is 35.3 Å². The van der Waals surface area contributed by atoms with Crippen molar-refractivity contribution in [2.45, 2.75) is 46.9 Å². The van der Waals surface area contributed by atoms with Crippen LogP contribution in [0.2, 0.25) is 0 Å². The van der Waals surface area contributed by atoms with Crippen molar-refractivity contribution in [3.63, 3.8) is 0 Å². The monoisotopic (exact) mass is 645 g/mol. The van der Waals surface area contributed by atoms with Gasteiger partial charge in [0.1, 0.15) is 15.6 Å². The van der Waals surface area contributed by atoms with Crippen LogP contribution >= 0.6 is 0 Å². The number of nitrogens with one attached hydrogen (secondary N) is 1. The summed E-state index contributed by atoms with van der Waals surface area (Å²) in [5.41, 5.74) is 0.678. The SMILES string of the molecule is COc1cccc(S(=O)(=O)N2c3ccc(C(=O)Nc4cccc(S(N)(=O)=O)c4)cc3C3(CCS(=O)(=O)CC3)C2C2CC2)c1. The minimum absolute atomic E-state index is 0.0341. The first-order valence-corrected chi connectivity index (χ1v) is 18.5. The van der Waals surface area contributed by atoms with Crippen LogP contribution < -0.4 is 19.5 Å². The second-order valence-electron chi connectivity index (χ2n) is 11.3. The molecule has 2 aliphatic heterocycles. The summed E-state index contributed by atoms with van der Waals surface area (Å²) in [5.74, 6) is -0.281. The Morgan fingerprint density at radius 1 is 0.953 bits per heavy atom. The molecule has 1 aliphatic carbocycles. The van der Waals surface area contributed by atoms with Crippen LogP contribution in [-0.4, -0.2) is 55.8 Å². The van der Waals surface area contributed by atoms with E-state index in [2.05, 4.69) is 5.32 Å². The summed E-state index contributed by atoms with van der Waals surface area (Å²) >= 11 is 0. The predicted molar refractivity (Wildman–Crippen MR) is 161 cm³/mol. The molecule has 43 heavy (non-hydrogen) atoms. The lowest BCUT2D eigenvalue weighted by molar-refractivity contribution is 0.102. The van der Waals surface area contributed by atoms with E-state index in [4.69, 9.17) is 9.88 Å². The molecule has 0 aromatic heterocycles. The third kappa shape index (κ3) is 5.30. The molecule has 228 valence electrons. The molecule has 14 heteroatoms. The van der Waals surface area contributed by atoms with Gasteiger partial charge < -0.3 is 10.1 Å². The molecule has 6 rings (SSSR count). The Morgan fingerprint density at radius 3 is 2.28 bits per heavy atom. The minimum atomic E-state index is -4.11. The summed E-state index contributed by atoms with van der Waals surface area (Å²) in [7, 11) is -9.94. The average molecular weight is 646 g/mol. The summed E-state index contributed by atoms with van der Waals surface area (Å²) in [6, 6.07) is 16.1. The molecule has 1 spiro atoms. The van der Waals surface area contributed by atoms with Crippen LogP contribution in [0.5, 0.6) is 5.75 Å². The number of carbonyl (C=O) groups is 1. The number of benzene rings is 3. The zero-order valence-corrected chi connectivity index (χ0v) is 25.7. The van der Waals surface area contributed by atoms with Crippen molar-refractivity contribution < 1.29 is 34.8 Å². The fraction of sp³-hybridized carbons (Fsp3) is 0.345. The van der Waals surface area contributed by atoms with E-state index in [9.17, 15) is 30.0 Å². The summed E-state index contributed by atoms with van der Waals surface area (Å²) < 4.78 is 84.2. The van der Waals surface area contributed by atoms with Gasteiger partial charge in [-0.05, 0) is 85.7 Å². The number of hydrogen-bond donors (Lipinski definition) is 2.